The van der Waals surface area contributed by atoms with Crippen LogP contribution in [0.15, 0.2) is 30.3 Å². The van der Waals surface area contributed by atoms with Gasteiger partial charge in [-0.05, 0) is 43.0 Å². The average Bonchev–Trinajstić information content (AvgIpc) is 2.47. The van der Waals surface area contributed by atoms with E-state index >= 15 is 0 Å². The quantitative estimate of drug-likeness (QED) is 0.881. The van der Waals surface area contributed by atoms with Crippen molar-refractivity contribution in [3.05, 3.63) is 47.3 Å². The van der Waals surface area contributed by atoms with Crippen LogP contribution in [-0.2, 0) is 6.42 Å². The molecule has 1 aromatic carbocycles. The molecule has 0 atom stereocenters. The Kier molecular flexibility index (Phi) is 5.14. The molecule has 0 bridgehead atoms. The molecule has 0 amide bonds. The molecule has 0 fully saturated rings. The van der Waals surface area contributed by atoms with E-state index in [1.165, 1.54) is 5.56 Å². The van der Waals surface area contributed by atoms with E-state index in [-0.39, 0.29) is 0 Å². The predicted octanol–water partition coefficient (Wildman–Crippen LogP) is 3.57. The molecule has 0 radical (unpaired) electrons. The minimum atomic E-state index is 0.411. The summed E-state index contributed by atoms with van der Waals surface area (Å²) in [7, 11) is 1.68. The minimum Gasteiger partial charge on any atom is -0.497 e. The Hall–Kier alpha value is -2.10. The lowest BCUT2D eigenvalue weighted by Gasteiger charge is -2.10. The highest BCUT2D eigenvalue weighted by Crippen LogP contribution is 2.15. The number of ether oxygens (including phenoxy) is 1. The number of benzene rings is 1. The molecule has 0 unspecified atom stereocenters. The van der Waals surface area contributed by atoms with Crippen LogP contribution in [0.2, 0.25) is 0 Å². The zero-order valence-electron chi connectivity index (χ0n) is 13.2. The molecule has 1 aromatic heterocycles. The van der Waals surface area contributed by atoms with E-state index in [1.54, 1.807) is 7.11 Å². The van der Waals surface area contributed by atoms with Crippen LogP contribution in [0.25, 0.3) is 0 Å². The summed E-state index contributed by atoms with van der Waals surface area (Å²) in [6.07, 6.45) is 0.929. The minimum absolute atomic E-state index is 0.411. The van der Waals surface area contributed by atoms with Crippen molar-refractivity contribution in [3.63, 3.8) is 0 Å². The van der Waals surface area contributed by atoms with Crippen molar-refractivity contribution < 1.29 is 4.74 Å². The van der Waals surface area contributed by atoms with Crippen molar-refractivity contribution in [2.24, 2.45) is 0 Å². The maximum Gasteiger partial charge on any atom is 0.223 e. The molecule has 1 heterocycles. The van der Waals surface area contributed by atoms with Gasteiger partial charge in [-0.1, -0.05) is 26.0 Å². The normalized spacial score (nSPS) is 10.7. The molecule has 0 aliphatic heterocycles. The van der Waals surface area contributed by atoms with Gasteiger partial charge in [0.05, 0.1) is 7.11 Å². The van der Waals surface area contributed by atoms with Crippen LogP contribution in [-0.4, -0.2) is 23.6 Å². The summed E-state index contributed by atoms with van der Waals surface area (Å²) in [5.74, 6) is 2.01. The van der Waals surface area contributed by atoms with Crippen LogP contribution >= 0.6 is 0 Å². The van der Waals surface area contributed by atoms with Gasteiger partial charge in [-0.15, -0.1) is 0 Å². The van der Waals surface area contributed by atoms with Gasteiger partial charge in [0.2, 0.25) is 5.95 Å². The Labute approximate surface area is 126 Å². The van der Waals surface area contributed by atoms with Gasteiger partial charge in [-0.25, -0.2) is 9.97 Å². The average molecular weight is 285 g/mol. The Morgan fingerprint density at radius 2 is 1.86 bits per heavy atom. The molecule has 0 saturated carbocycles. The Morgan fingerprint density at radius 1 is 1.14 bits per heavy atom. The maximum absolute atomic E-state index is 5.16. The summed E-state index contributed by atoms with van der Waals surface area (Å²) >= 11 is 0. The summed E-state index contributed by atoms with van der Waals surface area (Å²) in [6.45, 7) is 7.10. The highest BCUT2D eigenvalue weighted by Gasteiger charge is 2.05. The number of nitrogens with zero attached hydrogens (tertiary/aromatic N) is 2. The van der Waals surface area contributed by atoms with Gasteiger partial charge in [-0.3, -0.25) is 0 Å². The van der Waals surface area contributed by atoms with Crippen LogP contribution in [0, 0.1) is 6.92 Å². The topological polar surface area (TPSA) is 47.0 Å². The second-order valence-corrected chi connectivity index (χ2v) is 5.44. The third-order valence-corrected chi connectivity index (χ3v) is 3.32. The number of aryl methyl sites for hydroxylation is 1. The molecule has 2 rings (SSSR count). The number of nitrogens with one attached hydrogen (secondary N) is 1. The van der Waals surface area contributed by atoms with Gasteiger partial charge < -0.3 is 10.1 Å². The number of rotatable bonds is 6. The van der Waals surface area contributed by atoms with Crippen molar-refractivity contribution in [1.29, 1.82) is 0 Å². The SMILES string of the molecule is COc1ccc(CCNc2nc(C)cc(C(C)C)n2)cc1. The first-order valence-electron chi connectivity index (χ1n) is 7.31. The van der Waals surface area contributed by atoms with E-state index in [9.17, 15) is 0 Å². The largest absolute Gasteiger partial charge is 0.497 e. The van der Waals surface area contributed by atoms with Gasteiger partial charge in [0, 0.05) is 17.9 Å². The van der Waals surface area contributed by atoms with Crippen molar-refractivity contribution in [1.82, 2.24) is 9.97 Å². The zero-order valence-corrected chi connectivity index (χ0v) is 13.2. The number of hydrogen-bond donors (Lipinski definition) is 1. The van der Waals surface area contributed by atoms with Gasteiger partial charge in [0.25, 0.3) is 0 Å². The third-order valence-electron chi connectivity index (χ3n) is 3.32. The van der Waals surface area contributed by atoms with E-state index in [0.29, 0.717) is 11.9 Å². The highest BCUT2D eigenvalue weighted by atomic mass is 16.5. The molecule has 0 aliphatic carbocycles. The molecule has 112 valence electrons. The number of methoxy groups -OCH3 is 1. The van der Waals surface area contributed by atoms with Crippen molar-refractivity contribution in [3.8, 4) is 5.75 Å². The van der Waals surface area contributed by atoms with E-state index in [2.05, 4.69) is 41.3 Å². The smallest absolute Gasteiger partial charge is 0.223 e. The lowest BCUT2D eigenvalue weighted by Crippen LogP contribution is -2.10. The molecule has 1 N–H and O–H groups in total. The summed E-state index contributed by atoms with van der Waals surface area (Å²) in [6, 6.07) is 10.2. The second-order valence-electron chi connectivity index (χ2n) is 5.44. The van der Waals surface area contributed by atoms with Crippen LogP contribution in [0.4, 0.5) is 5.95 Å². The predicted molar refractivity (Wildman–Crippen MR) is 86.0 cm³/mol. The Morgan fingerprint density at radius 3 is 2.48 bits per heavy atom. The highest BCUT2D eigenvalue weighted by molar-refractivity contribution is 5.31. The summed E-state index contributed by atoms with van der Waals surface area (Å²) in [5, 5.41) is 3.30. The molecule has 21 heavy (non-hydrogen) atoms. The number of hydrogen-bond acceptors (Lipinski definition) is 4. The summed E-state index contributed by atoms with van der Waals surface area (Å²) in [4.78, 5) is 8.98. The molecule has 2 aromatic rings. The monoisotopic (exact) mass is 285 g/mol. The molecular formula is C17H23N3O. The molecule has 4 heteroatoms. The van der Waals surface area contributed by atoms with Gasteiger partial charge >= 0.3 is 0 Å². The fourth-order valence-corrected chi connectivity index (χ4v) is 2.08. The molecule has 4 nitrogen and oxygen atoms in total. The summed E-state index contributed by atoms with van der Waals surface area (Å²) < 4.78 is 5.16. The van der Waals surface area contributed by atoms with Crippen LogP contribution in [0.1, 0.15) is 36.7 Å². The van der Waals surface area contributed by atoms with Gasteiger partial charge in [-0.2, -0.15) is 0 Å². The summed E-state index contributed by atoms with van der Waals surface area (Å²) in [5.41, 5.74) is 3.34. The van der Waals surface area contributed by atoms with Crippen molar-refractivity contribution >= 4 is 5.95 Å². The van der Waals surface area contributed by atoms with E-state index in [0.717, 1.165) is 30.1 Å². The van der Waals surface area contributed by atoms with Crippen LogP contribution in [0.5, 0.6) is 5.75 Å². The Balaban J connectivity index is 1.93. The van der Waals surface area contributed by atoms with Crippen LogP contribution < -0.4 is 10.1 Å². The van der Waals surface area contributed by atoms with E-state index in [4.69, 9.17) is 4.74 Å². The zero-order chi connectivity index (χ0) is 15.2. The lowest BCUT2D eigenvalue weighted by molar-refractivity contribution is 0.414. The first-order valence-corrected chi connectivity index (χ1v) is 7.31. The standard InChI is InChI=1S/C17H23N3O/c1-12(2)16-11-13(3)19-17(20-16)18-10-9-14-5-7-15(21-4)8-6-14/h5-8,11-12H,9-10H2,1-4H3,(H,18,19,20). The maximum atomic E-state index is 5.16. The third kappa shape index (κ3) is 4.45. The molecule has 0 spiro atoms. The Bertz CT molecular complexity index is 579. The molecule has 0 aliphatic rings. The fourth-order valence-electron chi connectivity index (χ4n) is 2.08. The van der Waals surface area contributed by atoms with Gasteiger partial charge in [0.15, 0.2) is 0 Å². The number of anilines is 1. The first-order chi connectivity index (χ1) is 10.1. The first kappa shape index (κ1) is 15.3. The fraction of sp³-hybridized carbons (Fsp3) is 0.412. The second kappa shape index (κ2) is 7.07. The lowest BCUT2D eigenvalue weighted by atomic mass is 10.1. The van der Waals surface area contributed by atoms with E-state index < -0.39 is 0 Å². The van der Waals surface area contributed by atoms with E-state index in [1.807, 2.05) is 25.1 Å². The van der Waals surface area contributed by atoms with Gasteiger partial charge in [0.1, 0.15) is 5.75 Å². The van der Waals surface area contributed by atoms with Crippen molar-refractivity contribution in [2.75, 3.05) is 19.0 Å². The van der Waals surface area contributed by atoms with Crippen molar-refractivity contribution in [2.45, 2.75) is 33.1 Å². The molecule has 0 saturated heterocycles. The number of aromatic nitrogens is 2. The molecular weight excluding hydrogens is 262 g/mol. The van der Waals surface area contributed by atoms with Crippen LogP contribution in [0.3, 0.4) is 0 Å².